The molecule has 0 aromatic carbocycles. The zero-order valence-electron chi connectivity index (χ0n) is 8.90. The number of methoxy groups -OCH3 is 1. The van der Waals surface area contributed by atoms with E-state index in [1.54, 1.807) is 20.2 Å². The van der Waals surface area contributed by atoms with Gasteiger partial charge in [0.1, 0.15) is 6.07 Å². The predicted molar refractivity (Wildman–Crippen MR) is 52.2 cm³/mol. The Morgan fingerprint density at radius 3 is 2.33 bits per heavy atom. The number of rotatable bonds is 3. The van der Waals surface area contributed by atoms with Crippen LogP contribution in [0.5, 0.6) is 0 Å². The summed E-state index contributed by atoms with van der Waals surface area (Å²) in [5.41, 5.74) is 5.05. The lowest BCUT2D eigenvalue weighted by Crippen LogP contribution is -2.24. The van der Waals surface area contributed by atoms with Crippen LogP contribution in [-0.2, 0) is 14.3 Å². The van der Waals surface area contributed by atoms with Crippen molar-refractivity contribution in [2.75, 3.05) is 21.2 Å². The second-order valence-electron chi connectivity index (χ2n) is 2.97. The van der Waals surface area contributed by atoms with E-state index in [4.69, 9.17) is 11.0 Å². The van der Waals surface area contributed by atoms with E-state index < -0.39 is 5.97 Å². The Hall–Kier alpha value is -2.03. The summed E-state index contributed by atoms with van der Waals surface area (Å²) >= 11 is 0. The average Bonchev–Trinajstić information content (AvgIpc) is 2.18. The lowest BCUT2D eigenvalue weighted by Gasteiger charge is -2.10. The minimum absolute atomic E-state index is 0.0805. The van der Waals surface area contributed by atoms with Gasteiger partial charge >= 0.3 is 5.97 Å². The topological polar surface area (TPSA) is 96.4 Å². The van der Waals surface area contributed by atoms with E-state index in [9.17, 15) is 9.59 Å². The molecule has 0 aliphatic carbocycles. The maximum Gasteiger partial charge on any atom is 0.350 e. The Labute approximate surface area is 87.9 Å². The smallest absolute Gasteiger partial charge is 0.350 e. The van der Waals surface area contributed by atoms with Gasteiger partial charge in [-0.25, -0.2) is 4.79 Å². The number of nitrogens with zero attached hydrogens (tertiary/aromatic N) is 2. The van der Waals surface area contributed by atoms with Gasteiger partial charge in [0.2, 0.25) is 5.91 Å². The number of hydrogen-bond acceptors (Lipinski definition) is 5. The normalized spacial score (nSPS) is 11.1. The zero-order valence-corrected chi connectivity index (χ0v) is 8.90. The molecule has 2 N–H and O–H groups in total. The van der Waals surface area contributed by atoms with Crippen molar-refractivity contribution in [3.05, 3.63) is 11.3 Å². The largest absolute Gasteiger partial charge is 0.465 e. The number of ether oxygens (including phenoxy) is 1. The van der Waals surface area contributed by atoms with Crippen LogP contribution in [0.3, 0.4) is 0 Å². The molecule has 6 heteroatoms. The van der Waals surface area contributed by atoms with Crippen LogP contribution >= 0.6 is 0 Å². The van der Waals surface area contributed by atoms with E-state index in [0.29, 0.717) is 0 Å². The van der Waals surface area contributed by atoms with Gasteiger partial charge in [0.25, 0.3) is 0 Å². The van der Waals surface area contributed by atoms with Crippen molar-refractivity contribution in [3.8, 4) is 6.07 Å². The molecule has 0 aromatic heterocycles. The summed E-state index contributed by atoms with van der Waals surface area (Å²) in [7, 11) is 4.25. The summed E-state index contributed by atoms with van der Waals surface area (Å²) in [5.74, 6) is -1.12. The highest BCUT2D eigenvalue weighted by Crippen LogP contribution is 2.05. The van der Waals surface area contributed by atoms with Crippen molar-refractivity contribution in [2.45, 2.75) is 6.42 Å². The molecular formula is C9H13N3O3. The monoisotopic (exact) mass is 211 g/mol. The van der Waals surface area contributed by atoms with E-state index in [1.165, 1.54) is 4.90 Å². The molecule has 0 aromatic rings. The Bertz CT molecular complexity index is 339. The second-order valence-corrected chi connectivity index (χ2v) is 2.97. The van der Waals surface area contributed by atoms with Gasteiger partial charge in [0.15, 0.2) is 5.57 Å². The van der Waals surface area contributed by atoms with Crippen molar-refractivity contribution in [1.82, 2.24) is 4.90 Å². The number of carbonyl (C=O) groups excluding carboxylic acids is 2. The van der Waals surface area contributed by atoms with Crippen LogP contribution in [0.25, 0.3) is 0 Å². The van der Waals surface area contributed by atoms with Gasteiger partial charge in [-0.2, -0.15) is 5.26 Å². The fourth-order valence-corrected chi connectivity index (χ4v) is 0.760. The standard InChI is InChI=1S/C9H13N3O3/c1-12(2)8(13)4-7(11)6(5-10)9(14)15-3/h4,11H2,1-3H3/b7-6+. The number of hydrogen-bond donors (Lipinski definition) is 1. The molecule has 0 atom stereocenters. The Kier molecular flexibility index (Phi) is 4.88. The van der Waals surface area contributed by atoms with Gasteiger partial charge in [-0.1, -0.05) is 0 Å². The minimum Gasteiger partial charge on any atom is -0.465 e. The zero-order chi connectivity index (χ0) is 12.0. The van der Waals surface area contributed by atoms with E-state index in [1.807, 2.05) is 0 Å². The van der Waals surface area contributed by atoms with Crippen LogP contribution in [-0.4, -0.2) is 38.0 Å². The quantitative estimate of drug-likeness (QED) is 0.381. The van der Waals surface area contributed by atoms with Crippen LogP contribution in [0.15, 0.2) is 11.3 Å². The number of amides is 1. The highest BCUT2D eigenvalue weighted by molar-refractivity contribution is 5.94. The number of nitriles is 1. The molecule has 0 unspecified atom stereocenters. The molecule has 0 spiro atoms. The highest BCUT2D eigenvalue weighted by atomic mass is 16.5. The van der Waals surface area contributed by atoms with Crippen molar-refractivity contribution in [2.24, 2.45) is 5.73 Å². The third kappa shape index (κ3) is 3.68. The molecule has 0 saturated heterocycles. The molecule has 15 heavy (non-hydrogen) atoms. The van der Waals surface area contributed by atoms with Gasteiger partial charge < -0.3 is 15.4 Å². The molecule has 0 bridgehead atoms. The SMILES string of the molecule is COC(=O)/C(C#N)=C(/N)CC(=O)N(C)C. The summed E-state index contributed by atoms with van der Waals surface area (Å²) in [6.45, 7) is 0. The van der Waals surface area contributed by atoms with Crippen molar-refractivity contribution < 1.29 is 14.3 Å². The third-order valence-corrected chi connectivity index (χ3v) is 1.66. The Morgan fingerprint density at radius 2 is 2.00 bits per heavy atom. The molecule has 1 amide bonds. The van der Waals surface area contributed by atoms with E-state index >= 15 is 0 Å². The highest BCUT2D eigenvalue weighted by Gasteiger charge is 2.16. The first-order valence-electron chi connectivity index (χ1n) is 4.11. The average molecular weight is 211 g/mol. The third-order valence-electron chi connectivity index (χ3n) is 1.66. The number of carbonyl (C=O) groups is 2. The number of esters is 1. The minimum atomic E-state index is -0.832. The first-order valence-corrected chi connectivity index (χ1v) is 4.11. The lowest BCUT2D eigenvalue weighted by atomic mass is 10.1. The first-order chi connectivity index (χ1) is 6.93. The molecule has 0 rings (SSSR count). The van der Waals surface area contributed by atoms with Crippen molar-refractivity contribution >= 4 is 11.9 Å². The van der Waals surface area contributed by atoms with Crippen LogP contribution in [0.1, 0.15) is 6.42 Å². The predicted octanol–water partition coefficient (Wildman–Crippen LogP) is -0.626. The second kappa shape index (κ2) is 5.65. The molecule has 0 fully saturated rings. The molecule has 0 saturated carbocycles. The lowest BCUT2D eigenvalue weighted by molar-refractivity contribution is -0.135. The molecule has 6 nitrogen and oxygen atoms in total. The number of nitrogens with two attached hydrogens (primary N) is 1. The Morgan fingerprint density at radius 1 is 1.47 bits per heavy atom. The summed E-state index contributed by atoms with van der Waals surface area (Å²) in [6.07, 6.45) is -0.176. The maximum atomic E-state index is 11.2. The van der Waals surface area contributed by atoms with Gasteiger partial charge in [0, 0.05) is 19.8 Å². The van der Waals surface area contributed by atoms with Crippen molar-refractivity contribution in [1.29, 1.82) is 5.26 Å². The van der Waals surface area contributed by atoms with E-state index in [2.05, 4.69) is 4.74 Å². The Balaban J connectivity index is 4.84. The molecule has 0 aliphatic heterocycles. The molecule has 82 valence electrons. The fourth-order valence-electron chi connectivity index (χ4n) is 0.760. The van der Waals surface area contributed by atoms with Crippen LogP contribution in [0.4, 0.5) is 0 Å². The molecule has 0 heterocycles. The van der Waals surface area contributed by atoms with Crippen LogP contribution in [0.2, 0.25) is 0 Å². The van der Waals surface area contributed by atoms with Gasteiger partial charge in [-0.3, -0.25) is 4.79 Å². The summed E-state index contributed by atoms with van der Waals surface area (Å²) in [5, 5.41) is 8.64. The first kappa shape index (κ1) is 13.0. The summed E-state index contributed by atoms with van der Waals surface area (Å²) < 4.78 is 4.34. The molecule has 0 aliphatic rings. The van der Waals surface area contributed by atoms with Gasteiger partial charge in [-0.05, 0) is 0 Å². The van der Waals surface area contributed by atoms with E-state index in [-0.39, 0.29) is 23.6 Å². The fraction of sp³-hybridized carbons (Fsp3) is 0.444. The maximum absolute atomic E-state index is 11.2. The molecule has 0 radical (unpaired) electrons. The van der Waals surface area contributed by atoms with Gasteiger partial charge in [-0.15, -0.1) is 0 Å². The summed E-state index contributed by atoms with van der Waals surface area (Å²) in [4.78, 5) is 23.6. The van der Waals surface area contributed by atoms with Gasteiger partial charge in [0.05, 0.1) is 13.5 Å². The van der Waals surface area contributed by atoms with E-state index in [0.717, 1.165) is 7.11 Å². The van der Waals surface area contributed by atoms with Crippen LogP contribution < -0.4 is 5.73 Å². The van der Waals surface area contributed by atoms with Crippen LogP contribution in [0, 0.1) is 11.3 Å². The molecular weight excluding hydrogens is 198 g/mol. The summed E-state index contributed by atoms with van der Waals surface area (Å²) in [6, 6.07) is 1.61. The van der Waals surface area contributed by atoms with Crippen molar-refractivity contribution in [3.63, 3.8) is 0 Å².